The minimum atomic E-state index is -3.33. The summed E-state index contributed by atoms with van der Waals surface area (Å²) in [5.74, 6) is 0.588. The number of sulfonamides is 1. The fraction of sp³-hybridized carbons (Fsp3) is 0.367. The summed E-state index contributed by atoms with van der Waals surface area (Å²) in [7, 11) is -3.33. The monoisotopic (exact) mass is 584 g/mol. The number of hydrogen-bond acceptors (Lipinski definition) is 6. The molecule has 1 aliphatic heterocycles. The number of amides is 2. The van der Waals surface area contributed by atoms with Crippen LogP contribution < -0.4 is 14.8 Å². The number of carbonyl (C=O) groups is 1. The molecule has 0 aromatic heterocycles. The molecule has 0 spiro atoms. The summed E-state index contributed by atoms with van der Waals surface area (Å²) in [6.07, 6.45) is 4.52. The van der Waals surface area contributed by atoms with Crippen molar-refractivity contribution in [3.05, 3.63) is 78.1 Å². The maximum Gasteiger partial charge on any atom is 0.322 e. The Bertz CT molecular complexity index is 1410. The van der Waals surface area contributed by atoms with E-state index in [-0.39, 0.29) is 23.5 Å². The lowest BCUT2D eigenvalue weighted by Crippen LogP contribution is -2.49. The zero-order chi connectivity index (χ0) is 29.4. The molecular formula is C30H37FN4O5S. The van der Waals surface area contributed by atoms with Crippen LogP contribution in [0, 0.1) is 5.82 Å². The Morgan fingerprint density at radius 2 is 1.68 bits per heavy atom. The third kappa shape index (κ3) is 9.09. The van der Waals surface area contributed by atoms with E-state index >= 15 is 0 Å². The Labute approximate surface area is 241 Å². The van der Waals surface area contributed by atoms with E-state index in [9.17, 15) is 22.7 Å². The van der Waals surface area contributed by atoms with Gasteiger partial charge in [-0.1, -0.05) is 25.5 Å². The molecule has 3 aromatic rings. The van der Waals surface area contributed by atoms with E-state index in [1.54, 1.807) is 29.2 Å². The lowest BCUT2D eigenvalue weighted by atomic mass is 10.0. The van der Waals surface area contributed by atoms with Gasteiger partial charge in [0.05, 0.1) is 11.9 Å². The second-order valence-electron chi connectivity index (χ2n) is 10.3. The summed E-state index contributed by atoms with van der Waals surface area (Å²) in [5.41, 5.74) is 1.59. The van der Waals surface area contributed by atoms with Gasteiger partial charge in [0.25, 0.3) is 0 Å². The van der Waals surface area contributed by atoms with Gasteiger partial charge in [-0.15, -0.1) is 0 Å². The summed E-state index contributed by atoms with van der Waals surface area (Å²) in [6.45, 7) is 5.08. The quantitative estimate of drug-likeness (QED) is 0.255. The van der Waals surface area contributed by atoms with E-state index in [1.807, 2.05) is 24.3 Å². The molecule has 11 heteroatoms. The number of anilines is 2. The number of carbonyl (C=O) groups excluding carboxylic acids is 1. The van der Waals surface area contributed by atoms with Gasteiger partial charge in [-0.3, -0.25) is 9.62 Å². The number of nitrogens with zero attached hydrogens (tertiary/aromatic N) is 2. The summed E-state index contributed by atoms with van der Waals surface area (Å²) in [4.78, 5) is 17.3. The van der Waals surface area contributed by atoms with Crippen molar-refractivity contribution in [2.24, 2.45) is 0 Å². The summed E-state index contributed by atoms with van der Waals surface area (Å²) in [6, 6.07) is 17.9. The first-order chi connectivity index (χ1) is 19.6. The molecule has 0 unspecified atom stereocenters. The van der Waals surface area contributed by atoms with E-state index in [0.29, 0.717) is 23.7 Å². The second-order valence-corrected chi connectivity index (χ2v) is 12.0. The Kier molecular flexibility index (Phi) is 10.1. The molecule has 0 aliphatic carbocycles. The van der Waals surface area contributed by atoms with Gasteiger partial charge in [-0.2, -0.15) is 0 Å². The van der Waals surface area contributed by atoms with Gasteiger partial charge in [0.2, 0.25) is 10.0 Å². The highest BCUT2D eigenvalue weighted by molar-refractivity contribution is 7.92. The zero-order valence-electron chi connectivity index (χ0n) is 23.3. The third-order valence-corrected chi connectivity index (χ3v) is 7.53. The number of unbranched alkanes of at least 4 members (excludes halogenated alkanes) is 1. The average molecular weight is 585 g/mol. The molecule has 4 rings (SSSR count). The molecule has 0 atom stereocenters. The van der Waals surface area contributed by atoms with Crippen molar-refractivity contribution in [3.63, 3.8) is 0 Å². The molecule has 220 valence electrons. The van der Waals surface area contributed by atoms with E-state index in [2.05, 4.69) is 21.9 Å². The largest absolute Gasteiger partial charge is 0.508 e. The average Bonchev–Trinajstić information content (AvgIpc) is 2.93. The van der Waals surface area contributed by atoms with E-state index in [4.69, 9.17) is 4.74 Å². The zero-order valence-corrected chi connectivity index (χ0v) is 24.2. The van der Waals surface area contributed by atoms with Crippen molar-refractivity contribution in [1.82, 2.24) is 9.80 Å². The van der Waals surface area contributed by atoms with Crippen molar-refractivity contribution >= 4 is 27.4 Å². The smallest absolute Gasteiger partial charge is 0.322 e. The van der Waals surface area contributed by atoms with Gasteiger partial charge < -0.3 is 20.1 Å². The molecule has 0 saturated carbocycles. The lowest BCUT2D eigenvalue weighted by Gasteiger charge is -2.38. The Morgan fingerprint density at radius 3 is 2.29 bits per heavy atom. The molecule has 1 fully saturated rings. The van der Waals surface area contributed by atoms with Crippen LogP contribution in [0.15, 0.2) is 66.7 Å². The van der Waals surface area contributed by atoms with Crippen LogP contribution in [0.4, 0.5) is 20.6 Å². The number of piperidine rings is 1. The molecular weight excluding hydrogens is 547 g/mol. The number of benzene rings is 3. The number of phenolic OH excluding ortho intramolecular Hbond substituents is 1. The minimum Gasteiger partial charge on any atom is -0.508 e. The van der Waals surface area contributed by atoms with E-state index in [0.717, 1.165) is 63.2 Å². The molecule has 0 bridgehead atoms. The fourth-order valence-corrected chi connectivity index (χ4v) is 5.39. The molecule has 3 N–H and O–H groups in total. The van der Waals surface area contributed by atoms with E-state index < -0.39 is 15.8 Å². The van der Waals surface area contributed by atoms with Crippen molar-refractivity contribution in [2.75, 3.05) is 35.9 Å². The SMILES string of the molecule is CCCCN(C(=O)Nc1cc(O)ccc1F)C1CCN(Cc2ccc(Oc3ccc(NS(C)(=O)=O)cc3)cc2)CC1. The van der Waals surface area contributed by atoms with Crippen LogP contribution in [-0.4, -0.2) is 61.3 Å². The van der Waals surface area contributed by atoms with Crippen LogP contribution in [-0.2, 0) is 16.6 Å². The number of urea groups is 1. The van der Waals surface area contributed by atoms with Crippen molar-refractivity contribution in [2.45, 2.75) is 45.2 Å². The van der Waals surface area contributed by atoms with Gasteiger partial charge in [0, 0.05) is 44.0 Å². The van der Waals surface area contributed by atoms with Gasteiger partial charge >= 0.3 is 6.03 Å². The molecule has 3 aromatic carbocycles. The molecule has 1 saturated heterocycles. The second kappa shape index (κ2) is 13.7. The van der Waals surface area contributed by atoms with Crippen LogP contribution >= 0.6 is 0 Å². The molecule has 1 heterocycles. The molecule has 9 nitrogen and oxygen atoms in total. The maximum absolute atomic E-state index is 14.2. The third-order valence-electron chi connectivity index (χ3n) is 6.93. The number of rotatable bonds is 11. The number of phenols is 1. The fourth-order valence-electron chi connectivity index (χ4n) is 4.83. The predicted molar refractivity (Wildman–Crippen MR) is 158 cm³/mol. The lowest BCUT2D eigenvalue weighted by molar-refractivity contribution is 0.122. The maximum atomic E-state index is 14.2. The highest BCUT2D eigenvalue weighted by Gasteiger charge is 2.28. The number of likely N-dealkylation sites (tertiary alicyclic amines) is 1. The van der Waals surface area contributed by atoms with Gasteiger partial charge in [-0.25, -0.2) is 17.6 Å². The van der Waals surface area contributed by atoms with Crippen LogP contribution in [0.1, 0.15) is 38.2 Å². The number of aromatic hydroxyl groups is 1. The van der Waals surface area contributed by atoms with Gasteiger partial charge in [0.1, 0.15) is 23.1 Å². The summed E-state index contributed by atoms with van der Waals surface area (Å²) >= 11 is 0. The Hall–Kier alpha value is -3.83. The molecule has 0 radical (unpaired) electrons. The molecule has 1 aliphatic rings. The van der Waals surface area contributed by atoms with Crippen LogP contribution in [0.3, 0.4) is 0 Å². The first kappa shape index (κ1) is 30.1. The number of halogens is 1. The molecule has 41 heavy (non-hydrogen) atoms. The summed E-state index contributed by atoms with van der Waals surface area (Å²) < 4.78 is 45.2. The minimum absolute atomic E-state index is 0.0256. The van der Waals surface area contributed by atoms with Crippen molar-refractivity contribution in [1.29, 1.82) is 0 Å². The molecule has 2 amide bonds. The predicted octanol–water partition coefficient (Wildman–Crippen LogP) is 5.99. The summed E-state index contributed by atoms with van der Waals surface area (Å²) in [5, 5.41) is 12.3. The number of ether oxygens (including phenoxy) is 1. The van der Waals surface area contributed by atoms with Crippen molar-refractivity contribution in [3.8, 4) is 17.2 Å². The first-order valence-electron chi connectivity index (χ1n) is 13.7. The van der Waals surface area contributed by atoms with Gasteiger partial charge in [-0.05, 0) is 73.4 Å². The van der Waals surface area contributed by atoms with E-state index in [1.165, 1.54) is 12.1 Å². The normalized spacial score (nSPS) is 14.4. The van der Waals surface area contributed by atoms with Crippen LogP contribution in [0.25, 0.3) is 0 Å². The van der Waals surface area contributed by atoms with Crippen molar-refractivity contribution < 1.29 is 27.4 Å². The standard InChI is InChI=1S/C30H37FN4O5S/c1-3-4-17-35(30(37)32-29-20-25(36)9-14-28(29)31)24-15-18-34(19-16-24)21-22-5-10-26(11-6-22)40-27-12-7-23(8-13-27)33-41(2,38)39/h5-14,20,24,33,36H,3-4,15-19,21H2,1-2H3,(H,32,37). The Morgan fingerprint density at radius 1 is 1.05 bits per heavy atom. The number of hydrogen-bond donors (Lipinski definition) is 3. The van der Waals surface area contributed by atoms with Gasteiger partial charge in [0.15, 0.2) is 0 Å². The first-order valence-corrected chi connectivity index (χ1v) is 15.6. The van der Waals surface area contributed by atoms with Crippen LogP contribution in [0.5, 0.6) is 17.2 Å². The van der Waals surface area contributed by atoms with Crippen LogP contribution in [0.2, 0.25) is 0 Å². The highest BCUT2D eigenvalue weighted by atomic mass is 32.2. The highest BCUT2D eigenvalue weighted by Crippen LogP contribution is 2.26. The Balaban J connectivity index is 1.29. The number of nitrogens with one attached hydrogen (secondary N) is 2. The topological polar surface area (TPSA) is 111 Å².